The van der Waals surface area contributed by atoms with Gasteiger partial charge in [-0.15, -0.1) is 10.2 Å². The molecule has 7 nitrogen and oxygen atoms in total. The van der Waals surface area contributed by atoms with Gasteiger partial charge >= 0.3 is 0 Å². The highest BCUT2D eigenvalue weighted by Gasteiger charge is 2.32. The van der Waals surface area contributed by atoms with E-state index in [0.717, 1.165) is 55.1 Å². The fourth-order valence-corrected chi connectivity index (χ4v) is 3.50. The Balaban J connectivity index is 1.50. The first-order valence-electron chi connectivity index (χ1n) is 8.79. The second kappa shape index (κ2) is 5.72. The number of fused-ring (bicyclic) bond motifs is 1. The summed E-state index contributed by atoms with van der Waals surface area (Å²) in [6.07, 6.45) is 5.88. The molecule has 128 valence electrons. The van der Waals surface area contributed by atoms with Gasteiger partial charge in [-0.1, -0.05) is 13.8 Å². The topological polar surface area (TPSA) is 77.6 Å². The van der Waals surface area contributed by atoms with Crippen LogP contribution in [0.5, 0.6) is 0 Å². The van der Waals surface area contributed by atoms with Gasteiger partial charge in [-0.25, -0.2) is 0 Å². The number of hydrogen-bond donors (Lipinski definition) is 1. The fourth-order valence-electron chi connectivity index (χ4n) is 3.50. The van der Waals surface area contributed by atoms with Crippen LogP contribution in [0.1, 0.15) is 72.6 Å². The predicted molar refractivity (Wildman–Crippen MR) is 88.9 cm³/mol. The molecule has 0 bridgehead atoms. The number of aryl methyl sites for hydroxylation is 2. The van der Waals surface area contributed by atoms with Crippen LogP contribution in [-0.4, -0.2) is 36.5 Å². The Labute approximate surface area is 141 Å². The average molecular weight is 328 g/mol. The summed E-state index contributed by atoms with van der Waals surface area (Å²) in [5.41, 5.74) is 1.69. The van der Waals surface area contributed by atoms with Crippen molar-refractivity contribution in [3.05, 3.63) is 29.1 Å². The summed E-state index contributed by atoms with van der Waals surface area (Å²) < 4.78 is 3.92. The molecule has 1 aliphatic carbocycles. The Morgan fingerprint density at radius 2 is 2.08 bits per heavy atom. The van der Waals surface area contributed by atoms with Crippen molar-refractivity contribution < 1.29 is 4.79 Å². The molecule has 2 aliphatic rings. The van der Waals surface area contributed by atoms with Crippen LogP contribution in [0.25, 0.3) is 0 Å². The van der Waals surface area contributed by atoms with Crippen LogP contribution < -0.4 is 5.32 Å². The van der Waals surface area contributed by atoms with E-state index in [2.05, 4.69) is 39.0 Å². The third-order valence-corrected chi connectivity index (χ3v) is 4.89. The summed E-state index contributed by atoms with van der Waals surface area (Å²) in [6, 6.07) is 0.116. The van der Waals surface area contributed by atoms with Crippen molar-refractivity contribution in [3.63, 3.8) is 0 Å². The van der Waals surface area contributed by atoms with Crippen molar-refractivity contribution >= 4 is 5.91 Å². The molecule has 0 saturated heterocycles. The third kappa shape index (κ3) is 2.72. The van der Waals surface area contributed by atoms with Gasteiger partial charge in [0.2, 0.25) is 0 Å². The number of nitrogens with zero attached hydrogens (tertiary/aromatic N) is 5. The first-order valence-corrected chi connectivity index (χ1v) is 8.79. The molecular weight excluding hydrogens is 304 g/mol. The number of rotatable bonds is 4. The molecular formula is C17H24N6O. The van der Waals surface area contributed by atoms with Crippen molar-refractivity contribution in [2.24, 2.45) is 7.05 Å². The van der Waals surface area contributed by atoms with Crippen LogP contribution in [0.3, 0.4) is 0 Å². The van der Waals surface area contributed by atoms with Crippen molar-refractivity contribution in [2.45, 2.75) is 64.0 Å². The minimum absolute atomic E-state index is 0.00220. The van der Waals surface area contributed by atoms with Crippen LogP contribution in [0.2, 0.25) is 0 Å². The Hall–Kier alpha value is -2.18. The number of aromatic nitrogens is 5. The second-order valence-electron chi connectivity index (χ2n) is 7.32. The lowest BCUT2D eigenvalue weighted by atomic mass is 10.0. The maximum atomic E-state index is 12.7. The summed E-state index contributed by atoms with van der Waals surface area (Å²) in [6.45, 7) is 4.99. The van der Waals surface area contributed by atoms with E-state index in [4.69, 9.17) is 0 Å². The van der Waals surface area contributed by atoms with Gasteiger partial charge in [-0.3, -0.25) is 9.48 Å². The van der Waals surface area contributed by atoms with Crippen molar-refractivity contribution in [1.29, 1.82) is 0 Å². The van der Waals surface area contributed by atoms with Gasteiger partial charge in [0.25, 0.3) is 5.91 Å². The summed E-state index contributed by atoms with van der Waals surface area (Å²) >= 11 is 0. The van der Waals surface area contributed by atoms with Crippen LogP contribution in [-0.2, 0) is 20.0 Å². The summed E-state index contributed by atoms with van der Waals surface area (Å²) in [4.78, 5) is 12.7. The monoisotopic (exact) mass is 328 g/mol. The van der Waals surface area contributed by atoms with Gasteiger partial charge in [0.15, 0.2) is 0 Å². The van der Waals surface area contributed by atoms with Gasteiger partial charge in [0.1, 0.15) is 11.6 Å². The van der Waals surface area contributed by atoms with Gasteiger partial charge in [0, 0.05) is 44.1 Å². The highest BCUT2D eigenvalue weighted by atomic mass is 16.1. The zero-order valence-corrected chi connectivity index (χ0v) is 14.5. The molecule has 1 saturated carbocycles. The molecule has 1 fully saturated rings. The SMILES string of the molecule is CC(C)c1nnc2n1CC(NC(=O)c1cn(C)nc1C1CC1)CC2. The van der Waals surface area contributed by atoms with E-state index in [9.17, 15) is 4.79 Å². The Morgan fingerprint density at radius 1 is 1.29 bits per heavy atom. The Kier molecular flexibility index (Phi) is 3.66. The van der Waals surface area contributed by atoms with Gasteiger partial charge in [-0.05, 0) is 19.3 Å². The summed E-state index contributed by atoms with van der Waals surface area (Å²) in [5, 5.41) is 16.3. The lowest BCUT2D eigenvalue weighted by Gasteiger charge is -2.25. The third-order valence-electron chi connectivity index (χ3n) is 4.89. The fraction of sp³-hybridized carbons (Fsp3) is 0.647. The summed E-state index contributed by atoms with van der Waals surface area (Å²) in [5.74, 6) is 2.83. The van der Waals surface area contributed by atoms with E-state index in [1.54, 1.807) is 4.68 Å². The Morgan fingerprint density at radius 3 is 2.79 bits per heavy atom. The number of carbonyl (C=O) groups excluding carboxylic acids is 1. The van der Waals surface area contributed by atoms with Crippen LogP contribution in [0, 0.1) is 0 Å². The normalized spacial score (nSPS) is 20.2. The largest absolute Gasteiger partial charge is 0.347 e. The quantitative estimate of drug-likeness (QED) is 0.927. The van der Waals surface area contributed by atoms with E-state index < -0.39 is 0 Å². The first-order chi connectivity index (χ1) is 11.5. The van der Waals surface area contributed by atoms with Crippen LogP contribution in [0.4, 0.5) is 0 Å². The van der Waals surface area contributed by atoms with E-state index >= 15 is 0 Å². The average Bonchev–Trinajstić information content (AvgIpc) is 3.17. The maximum Gasteiger partial charge on any atom is 0.255 e. The van der Waals surface area contributed by atoms with E-state index in [-0.39, 0.29) is 11.9 Å². The van der Waals surface area contributed by atoms with Crippen LogP contribution >= 0.6 is 0 Å². The number of carbonyl (C=O) groups is 1. The molecule has 0 spiro atoms. The minimum atomic E-state index is -0.00220. The second-order valence-corrected chi connectivity index (χ2v) is 7.32. The lowest BCUT2D eigenvalue weighted by Crippen LogP contribution is -2.41. The highest BCUT2D eigenvalue weighted by molar-refractivity contribution is 5.95. The maximum absolute atomic E-state index is 12.7. The molecule has 3 heterocycles. The standard InChI is InChI=1S/C17H24N6O/c1-10(2)16-20-19-14-7-6-12(8-23(14)16)18-17(24)13-9-22(3)21-15(13)11-4-5-11/h9-12H,4-8H2,1-3H3,(H,18,24). The number of nitrogens with one attached hydrogen (secondary N) is 1. The molecule has 7 heteroatoms. The summed E-state index contributed by atoms with van der Waals surface area (Å²) in [7, 11) is 1.88. The van der Waals surface area contributed by atoms with E-state index in [1.165, 1.54) is 0 Å². The highest BCUT2D eigenvalue weighted by Crippen LogP contribution is 2.40. The molecule has 24 heavy (non-hydrogen) atoms. The predicted octanol–water partition coefficient (Wildman–Crippen LogP) is 1.76. The smallest absolute Gasteiger partial charge is 0.255 e. The van der Waals surface area contributed by atoms with Crippen molar-refractivity contribution in [1.82, 2.24) is 29.9 Å². The zero-order chi connectivity index (χ0) is 16.8. The molecule has 1 unspecified atom stereocenters. The van der Waals surface area contributed by atoms with E-state index in [1.807, 2.05) is 13.2 Å². The van der Waals surface area contributed by atoms with Crippen molar-refractivity contribution in [3.8, 4) is 0 Å². The Bertz CT molecular complexity index is 770. The van der Waals surface area contributed by atoms with Crippen molar-refractivity contribution in [2.75, 3.05) is 0 Å². The number of amides is 1. The molecule has 1 atom stereocenters. The molecule has 0 aromatic carbocycles. The molecule has 2 aromatic heterocycles. The van der Waals surface area contributed by atoms with Gasteiger partial charge < -0.3 is 9.88 Å². The molecule has 2 aromatic rings. The van der Waals surface area contributed by atoms with Gasteiger partial charge in [-0.2, -0.15) is 5.10 Å². The molecule has 1 aliphatic heterocycles. The van der Waals surface area contributed by atoms with E-state index in [0.29, 0.717) is 11.8 Å². The first kappa shape index (κ1) is 15.4. The molecule has 0 radical (unpaired) electrons. The molecule has 1 amide bonds. The number of hydrogen-bond acceptors (Lipinski definition) is 4. The molecule has 1 N–H and O–H groups in total. The zero-order valence-electron chi connectivity index (χ0n) is 14.5. The minimum Gasteiger partial charge on any atom is -0.347 e. The van der Waals surface area contributed by atoms with Gasteiger partial charge in [0.05, 0.1) is 11.3 Å². The lowest BCUT2D eigenvalue weighted by molar-refractivity contribution is 0.0926. The van der Waals surface area contributed by atoms with Crippen LogP contribution in [0.15, 0.2) is 6.20 Å². The molecule has 4 rings (SSSR count).